The van der Waals surface area contributed by atoms with Crippen LogP contribution >= 0.6 is 0 Å². The number of carbonyl (C=O) groups excluding carboxylic acids is 1. The van der Waals surface area contributed by atoms with E-state index in [1.54, 1.807) is 0 Å². The van der Waals surface area contributed by atoms with Gasteiger partial charge in [-0.2, -0.15) is 0 Å². The molecule has 0 N–H and O–H groups in total. The first kappa shape index (κ1) is 11.5. The number of rotatable bonds is 7. The average Bonchev–Trinajstić information content (AvgIpc) is 2.11. The molecule has 0 aromatic rings. The molecule has 2 heteroatoms. The van der Waals surface area contributed by atoms with Crippen molar-refractivity contribution in [2.24, 2.45) is 11.8 Å². The molecule has 0 aliphatic rings. The molecule has 0 heterocycles. The van der Waals surface area contributed by atoms with E-state index in [4.69, 9.17) is 0 Å². The van der Waals surface area contributed by atoms with E-state index in [0.717, 1.165) is 12.3 Å². The molecule has 0 aromatic carbocycles. The maximum Gasteiger partial charge on any atom is 0.293 e. The Morgan fingerprint density at radius 1 is 1.33 bits per heavy atom. The maximum atomic E-state index is 9.89. The topological polar surface area (TPSA) is 26.3 Å². The first-order valence-electron chi connectivity index (χ1n) is 4.81. The molecule has 72 valence electrons. The molecule has 2 unspecified atom stereocenters. The highest BCUT2D eigenvalue weighted by Crippen LogP contribution is 2.21. The first-order valence-corrected chi connectivity index (χ1v) is 4.81. The normalized spacial score (nSPS) is 15.2. The van der Waals surface area contributed by atoms with Gasteiger partial charge < -0.3 is 4.74 Å². The Morgan fingerprint density at radius 2 is 2.00 bits per heavy atom. The van der Waals surface area contributed by atoms with Gasteiger partial charge in [0.25, 0.3) is 6.47 Å². The Labute approximate surface area is 75.3 Å². The van der Waals surface area contributed by atoms with Gasteiger partial charge in [0.2, 0.25) is 0 Å². The van der Waals surface area contributed by atoms with Crippen LogP contribution in [-0.4, -0.2) is 13.1 Å². The van der Waals surface area contributed by atoms with Crippen LogP contribution in [0.1, 0.15) is 40.0 Å². The van der Waals surface area contributed by atoms with Gasteiger partial charge in [0.1, 0.15) is 0 Å². The number of hydrogen-bond acceptors (Lipinski definition) is 2. The highest BCUT2D eigenvalue weighted by Gasteiger charge is 2.12. The molecule has 0 amide bonds. The second kappa shape index (κ2) is 7.14. The van der Waals surface area contributed by atoms with E-state index in [1.807, 2.05) is 0 Å². The Kier molecular flexibility index (Phi) is 6.82. The molecule has 2 nitrogen and oxygen atoms in total. The Morgan fingerprint density at radius 3 is 2.42 bits per heavy atom. The minimum Gasteiger partial charge on any atom is -0.468 e. The number of carbonyl (C=O) groups is 1. The lowest BCUT2D eigenvalue weighted by atomic mass is 9.87. The highest BCUT2D eigenvalue weighted by atomic mass is 16.5. The molecule has 0 aliphatic carbocycles. The fourth-order valence-electron chi connectivity index (χ4n) is 1.49. The summed E-state index contributed by atoms with van der Waals surface area (Å²) in [6, 6.07) is 0. The van der Waals surface area contributed by atoms with Gasteiger partial charge in [0.15, 0.2) is 0 Å². The predicted octanol–water partition coefficient (Wildman–Crippen LogP) is 2.62. The third-order valence-electron chi connectivity index (χ3n) is 2.65. The molecule has 0 aliphatic heterocycles. The van der Waals surface area contributed by atoms with Crippen molar-refractivity contribution >= 4 is 6.47 Å². The molecule has 2 atom stereocenters. The van der Waals surface area contributed by atoms with Crippen LogP contribution < -0.4 is 0 Å². The number of hydrogen-bond donors (Lipinski definition) is 0. The van der Waals surface area contributed by atoms with Crippen LogP contribution in [0.15, 0.2) is 0 Å². The van der Waals surface area contributed by atoms with Crippen molar-refractivity contribution in [3.05, 3.63) is 0 Å². The van der Waals surface area contributed by atoms with Gasteiger partial charge in [0.05, 0.1) is 6.61 Å². The smallest absolute Gasteiger partial charge is 0.293 e. The second-order valence-electron chi connectivity index (χ2n) is 3.31. The molecule has 0 saturated heterocycles. The minimum atomic E-state index is 0.531. The summed E-state index contributed by atoms with van der Waals surface area (Å²) in [6.07, 6.45) is 3.39. The third-order valence-corrected chi connectivity index (χ3v) is 2.65. The van der Waals surface area contributed by atoms with Gasteiger partial charge >= 0.3 is 0 Å². The van der Waals surface area contributed by atoms with Crippen LogP contribution in [0, 0.1) is 11.8 Å². The van der Waals surface area contributed by atoms with Crippen LogP contribution in [-0.2, 0) is 9.53 Å². The molecule has 0 saturated carbocycles. The third kappa shape index (κ3) is 4.37. The van der Waals surface area contributed by atoms with Crippen molar-refractivity contribution in [2.75, 3.05) is 6.61 Å². The predicted molar refractivity (Wildman–Crippen MR) is 49.9 cm³/mol. The van der Waals surface area contributed by atoms with Crippen LogP contribution in [0.3, 0.4) is 0 Å². The summed E-state index contributed by atoms with van der Waals surface area (Å²) in [5.41, 5.74) is 0. The van der Waals surface area contributed by atoms with E-state index in [9.17, 15) is 4.79 Å². The van der Waals surface area contributed by atoms with Crippen molar-refractivity contribution in [2.45, 2.75) is 40.0 Å². The van der Waals surface area contributed by atoms with E-state index < -0.39 is 0 Å². The molecule has 0 radical (unpaired) electrons. The zero-order valence-electron chi connectivity index (χ0n) is 8.38. The molecule has 12 heavy (non-hydrogen) atoms. The number of ether oxygens (including phenoxy) is 1. The van der Waals surface area contributed by atoms with Gasteiger partial charge in [-0.15, -0.1) is 0 Å². The highest BCUT2D eigenvalue weighted by molar-refractivity contribution is 5.36. The van der Waals surface area contributed by atoms with Crippen molar-refractivity contribution in [3.63, 3.8) is 0 Å². The lowest BCUT2D eigenvalue weighted by Gasteiger charge is -2.20. The van der Waals surface area contributed by atoms with Gasteiger partial charge in [-0.3, -0.25) is 4.79 Å². The minimum absolute atomic E-state index is 0.531. The van der Waals surface area contributed by atoms with Crippen molar-refractivity contribution in [3.8, 4) is 0 Å². The van der Waals surface area contributed by atoms with Crippen molar-refractivity contribution < 1.29 is 9.53 Å². The average molecular weight is 172 g/mol. The van der Waals surface area contributed by atoms with E-state index in [2.05, 4.69) is 25.5 Å². The van der Waals surface area contributed by atoms with E-state index >= 15 is 0 Å². The molecular formula is C10H20O2. The van der Waals surface area contributed by atoms with E-state index in [-0.39, 0.29) is 0 Å². The summed E-state index contributed by atoms with van der Waals surface area (Å²) in [5.74, 6) is 1.44. The van der Waals surface area contributed by atoms with Crippen molar-refractivity contribution in [1.29, 1.82) is 0 Å². The summed E-state index contributed by atoms with van der Waals surface area (Å²) >= 11 is 0. The quantitative estimate of drug-likeness (QED) is 0.436. The van der Waals surface area contributed by atoms with Crippen molar-refractivity contribution in [1.82, 2.24) is 0 Å². The summed E-state index contributed by atoms with van der Waals surface area (Å²) in [6.45, 7) is 7.76. The van der Waals surface area contributed by atoms with E-state index in [0.29, 0.717) is 19.0 Å². The Bertz CT molecular complexity index is 112. The molecule has 0 fully saturated rings. The first-order chi connectivity index (χ1) is 5.76. The van der Waals surface area contributed by atoms with Crippen LogP contribution in [0.25, 0.3) is 0 Å². The largest absolute Gasteiger partial charge is 0.468 e. The summed E-state index contributed by atoms with van der Waals surface area (Å²) in [5, 5.41) is 0. The fourth-order valence-corrected chi connectivity index (χ4v) is 1.49. The SMILES string of the molecule is CCC(C)C(CC)CCOC=O. The zero-order chi connectivity index (χ0) is 9.40. The molecule has 0 aromatic heterocycles. The van der Waals surface area contributed by atoms with Gasteiger partial charge in [-0.25, -0.2) is 0 Å². The Balaban J connectivity index is 3.58. The lowest BCUT2D eigenvalue weighted by molar-refractivity contribution is -0.129. The summed E-state index contributed by atoms with van der Waals surface area (Å²) in [4.78, 5) is 9.89. The molecule has 0 spiro atoms. The summed E-state index contributed by atoms with van der Waals surface area (Å²) in [7, 11) is 0. The van der Waals surface area contributed by atoms with Crippen LogP contribution in [0.5, 0.6) is 0 Å². The van der Waals surface area contributed by atoms with Gasteiger partial charge in [-0.05, 0) is 18.3 Å². The Hall–Kier alpha value is -0.530. The molecule has 0 rings (SSSR count). The molecular weight excluding hydrogens is 152 g/mol. The standard InChI is InChI=1S/C10H20O2/c1-4-9(3)10(5-2)6-7-12-8-11/h8-10H,4-7H2,1-3H3. The zero-order valence-corrected chi connectivity index (χ0v) is 8.38. The monoisotopic (exact) mass is 172 g/mol. The molecule has 0 bridgehead atoms. The maximum absolute atomic E-state index is 9.89. The second-order valence-corrected chi connectivity index (χ2v) is 3.31. The van der Waals surface area contributed by atoms with Gasteiger partial charge in [-0.1, -0.05) is 33.6 Å². The van der Waals surface area contributed by atoms with E-state index in [1.165, 1.54) is 12.8 Å². The summed E-state index contributed by atoms with van der Waals surface area (Å²) < 4.78 is 4.68. The van der Waals surface area contributed by atoms with Crippen LogP contribution in [0.2, 0.25) is 0 Å². The van der Waals surface area contributed by atoms with Crippen LogP contribution in [0.4, 0.5) is 0 Å². The fraction of sp³-hybridized carbons (Fsp3) is 0.900. The lowest BCUT2D eigenvalue weighted by Crippen LogP contribution is -2.12. The van der Waals surface area contributed by atoms with Gasteiger partial charge in [0, 0.05) is 0 Å².